The zero-order valence-electron chi connectivity index (χ0n) is 18.3. The van der Waals surface area contributed by atoms with Gasteiger partial charge in [-0.25, -0.2) is 4.99 Å². The van der Waals surface area contributed by atoms with Gasteiger partial charge < -0.3 is 14.8 Å². The minimum atomic E-state index is -0.255. The smallest absolute Gasteiger partial charge is 0.264 e. The van der Waals surface area contributed by atoms with Crippen molar-refractivity contribution in [3.05, 3.63) is 90.7 Å². The minimum Gasteiger partial charge on any atom is -0.490 e. The Labute approximate surface area is 227 Å². The number of thioether (sulfide) groups is 1. The van der Waals surface area contributed by atoms with E-state index in [-0.39, 0.29) is 12.5 Å². The number of rotatable bonds is 7. The van der Waals surface area contributed by atoms with E-state index in [2.05, 4.69) is 10.3 Å². The average molecular weight is 568 g/mol. The monoisotopic (exact) mass is 566 g/mol. The molecule has 5 nitrogen and oxygen atoms in total. The molecule has 0 radical (unpaired) electrons. The van der Waals surface area contributed by atoms with E-state index < -0.39 is 0 Å². The summed E-state index contributed by atoms with van der Waals surface area (Å²) >= 11 is 25.9. The summed E-state index contributed by atoms with van der Waals surface area (Å²) in [5.74, 6) is 0.583. The van der Waals surface area contributed by atoms with E-state index in [9.17, 15) is 4.79 Å². The number of halogens is 4. The molecule has 1 fully saturated rings. The highest BCUT2D eigenvalue weighted by Gasteiger charge is 2.24. The quantitative estimate of drug-likeness (QED) is 0.292. The molecule has 180 valence electrons. The molecule has 3 aromatic rings. The normalized spacial score (nSPS) is 15.5. The number of amidine groups is 1. The van der Waals surface area contributed by atoms with Gasteiger partial charge in [0.1, 0.15) is 6.61 Å². The minimum absolute atomic E-state index is 0.180. The van der Waals surface area contributed by atoms with Crippen molar-refractivity contribution < 1.29 is 14.3 Å². The van der Waals surface area contributed by atoms with E-state index in [0.29, 0.717) is 59.5 Å². The average Bonchev–Trinajstić information content (AvgIpc) is 3.14. The maximum absolute atomic E-state index is 12.5. The highest BCUT2D eigenvalue weighted by molar-refractivity contribution is 8.18. The van der Waals surface area contributed by atoms with Crippen LogP contribution in [0, 0.1) is 0 Å². The van der Waals surface area contributed by atoms with Crippen molar-refractivity contribution in [3.63, 3.8) is 0 Å². The van der Waals surface area contributed by atoms with Gasteiger partial charge in [0.2, 0.25) is 0 Å². The Kier molecular flexibility index (Phi) is 8.52. The molecule has 35 heavy (non-hydrogen) atoms. The fourth-order valence-electron chi connectivity index (χ4n) is 3.13. The molecule has 1 aliphatic rings. The van der Waals surface area contributed by atoms with E-state index in [0.717, 1.165) is 5.56 Å². The maximum Gasteiger partial charge on any atom is 0.264 e. The molecule has 3 aromatic carbocycles. The third-order valence-electron chi connectivity index (χ3n) is 4.72. The Morgan fingerprint density at radius 2 is 1.69 bits per heavy atom. The second kappa shape index (κ2) is 11.6. The van der Waals surface area contributed by atoms with Gasteiger partial charge in [0.25, 0.3) is 5.91 Å². The number of carbonyl (C=O) groups is 1. The lowest BCUT2D eigenvalue weighted by Crippen LogP contribution is -2.19. The molecule has 0 aliphatic carbocycles. The largest absolute Gasteiger partial charge is 0.490 e. The summed E-state index contributed by atoms with van der Waals surface area (Å²) in [4.78, 5) is 17.4. The van der Waals surface area contributed by atoms with Crippen molar-refractivity contribution in [1.29, 1.82) is 0 Å². The van der Waals surface area contributed by atoms with Crippen LogP contribution in [-0.4, -0.2) is 17.7 Å². The van der Waals surface area contributed by atoms with E-state index >= 15 is 0 Å². The van der Waals surface area contributed by atoms with Gasteiger partial charge in [-0.2, -0.15) is 0 Å². The van der Waals surface area contributed by atoms with Crippen molar-refractivity contribution in [2.45, 2.75) is 13.5 Å². The number of aliphatic imine (C=N–C) groups is 1. The summed E-state index contributed by atoms with van der Waals surface area (Å²) in [5, 5.41) is 5.22. The van der Waals surface area contributed by atoms with Crippen molar-refractivity contribution in [2.24, 2.45) is 4.99 Å². The first-order chi connectivity index (χ1) is 16.8. The van der Waals surface area contributed by atoms with Crippen LogP contribution >= 0.6 is 58.2 Å². The molecule has 0 aromatic heterocycles. The van der Waals surface area contributed by atoms with E-state index in [1.54, 1.807) is 60.7 Å². The summed E-state index contributed by atoms with van der Waals surface area (Å²) in [5.41, 5.74) is 2.12. The number of ether oxygens (including phenoxy) is 2. The predicted molar refractivity (Wildman–Crippen MR) is 146 cm³/mol. The highest BCUT2D eigenvalue weighted by Crippen LogP contribution is 2.39. The SMILES string of the molecule is CCOc1cc(/C=C2\SC(=Nc3ccc(Cl)cc3)NC2=O)cc(Cl)c1OCc1ccc(Cl)cc1Cl. The molecule has 0 bridgehead atoms. The molecule has 1 aliphatic heterocycles. The molecule has 10 heteroatoms. The number of amides is 1. The molecular weight excluding hydrogens is 550 g/mol. The van der Waals surface area contributed by atoms with Gasteiger partial charge in [0.05, 0.1) is 22.2 Å². The molecule has 1 heterocycles. The summed E-state index contributed by atoms with van der Waals surface area (Å²) in [6, 6.07) is 15.7. The van der Waals surface area contributed by atoms with Crippen LogP contribution in [0.15, 0.2) is 64.5 Å². The maximum atomic E-state index is 12.5. The lowest BCUT2D eigenvalue weighted by Gasteiger charge is -2.15. The molecule has 0 unspecified atom stereocenters. The Hall–Kier alpha value is -2.35. The van der Waals surface area contributed by atoms with Gasteiger partial charge in [0.15, 0.2) is 16.7 Å². The number of benzene rings is 3. The second-order valence-corrected chi connectivity index (χ2v) is 9.96. The van der Waals surface area contributed by atoms with E-state index in [1.165, 1.54) is 11.8 Å². The van der Waals surface area contributed by atoms with Gasteiger partial charge in [-0.3, -0.25) is 4.79 Å². The molecule has 0 atom stereocenters. The molecular formula is C25H18Cl4N2O3S. The van der Waals surface area contributed by atoms with Crippen LogP contribution in [0.4, 0.5) is 5.69 Å². The van der Waals surface area contributed by atoms with Crippen molar-refractivity contribution >= 4 is 81.0 Å². The zero-order valence-corrected chi connectivity index (χ0v) is 22.1. The number of hydrogen-bond donors (Lipinski definition) is 1. The first-order valence-electron chi connectivity index (χ1n) is 10.4. The Morgan fingerprint density at radius 3 is 2.40 bits per heavy atom. The highest BCUT2D eigenvalue weighted by atomic mass is 35.5. The van der Waals surface area contributed by atoms with Crippen molar-refractivity contribution in [1.82, 2.24) is 5.32 Å². The summed E-state index contributed by atoms with van der Waals surface area (Å²) in [6.45, 7) is 2.44. The predicted octanol–water partition coefficient (Wildman–Crippen LogP) is 8.17. The second-order valence-electron chi connectivity index (χ2n) is 7.25. The Balaban J connectivity index is 1.56. The van der Waals surface area contributed by atoms with Crippen LogP contribution in [0.1, 0.15) is 18.1 Å². The van der Waals surface area contributed by atoms with Crippen LogP contribution < -0.4 is 14.8 Å². The van der Waals surface area contributed by atoms with E-state index in [4.69, 9.17) is 55.9 Å². The van der Waals surface area contributed by atoms with Crippen molar-refractivity contribution in [2.75, 3.05) is 6.61 Å². The molecule has 1 amide bonds. The molecule has 1 N–H and O–H groups in total. The first-order valence-corrected chi connectivity index (χ1v) is 12.7. The fraction of sp³-hybridized carbons (Fsp3) is 0.120. The van der Waals surface area contributed by atoms with E-state index in [1.807, 2.05) is 6.92 Å². The number of hydrogen-bond acceptors (Lipinski definition) is 5. The van der Waals surface area contributed by atoms with Crippen LogP contribution in [-0.2, 0) is 11.4 Å². The Morgan fingerprint density at radius 1 is 0.943 bits per heavy atom. The number of nitrogens with one attached hydrogen (secondary N) is 1. The third kappa shape index (κ3) is 6.66. The molecule has 0 spiro atoms. The van der Waals surface area contributed by atoms with Gasteiger partial charge >= 0.3 is 0 Å². The zero-order chi connectivity index (χ0) is 24.9. The van der Waals surface area contributed by atoms with Crippen LogP contribution in [0.3, 0.4) is 0 Å². The standard InChI is InChI=1S/C25H18Cl4N2O3S/c1-2-33-21-10-14(9-20(29)23(21)34-13-15-3-4-17(27)12-19(15)28)11-22-24(32)31-25(35-22)30-18-7-5-16(26)6-8-18/h3-12H,2,13H2,1H3,(H,30,31,32)/b22-11-. The molecule has 1 saturated heterocycles. The molecule has 0 saturated carbocycles. The van der Waals surface area contributed by atoms with Crippen molar-refractivity contribution in [3.8, 4) is 11.5 Å². The number of carbonyl (C=O) groups excluding carboxylic acids is 1. The van der Waals surface area contributed by atoms with Crippen LogP contribution in [0.25, 0.3) is 6.08 Å². The van der Waals surface area contributed by atoms with Crippen LogP contribution in [0.2, 0.25) is 20.1 Å². The summed E-state index contributed by atoms with van der Waals surface area (Å²) in [7, 11) is 0. The van der Waals surface area contributed by atoms with Gasteiger partial charge in [-0.1, -0.05) is 52.5 Å². The number of nitrogens with zero attached hydrogens (tertiary/aromatic N) is 1. The topological polar surface area (TPSA) is 59.9 Å². The summed E-state index contributed by atoms with van der Waals surface area (Å²) in [6.07, 6.45) is 1.72. The lowest BCUT2D eigenvalue weighted by atomic mass is 10.1. The first kappa shape index (κ1) is 25.7. The third-order valence-corrected chi connectivity index (χ3v) is 6.75. The lowest BCUT2D eigenvalue weighted by molar-refractivity contribution is -0.115. The summed E-state index contributed by atoms with van der Waals surface area (Å²) < 4.78 is 11.7. The van der Waals surface area contributed by atoms with Gasteiger partial charge in [-0.15, -0.1) is 0 Å². The van der Waals surface area contributed by atoms with Gasteiger partial charge in [-0.05, 0) is 78.9 Å². The van der Waals surface area contributed by atoms with Crippen LogP contribution in [0.5, 0.6) is 11.5 Å². The fourth-order valence-corrected chi connectivity index (χ4v) is 4.83. The van der Waals surface area contributed by atoms with Gasteiger partial charge in [0, 0.05) is 20.6 Å². The Bertz CT molecular complexity index is 1330. The molecule has 4 rings (SSSR count).